The highest BCUT2D eigenvalue weighted by Crippen LogP contribution is 2.41. The lowest BCUT2D eigenvalue weighted by Gasteiger charge is -2.39. The van der Waals surface area contributed by atoms with Gasteiger partial charge >= 0.3 is 0 Å². The van der Waals surface area contributed by atoms with Gasteiger partial charge in [-0.2, -0.15) is 0 Å². The van der Waals surface area contributed by atoms with Gasteiger partial charge in [0.25, 0.3) is 0 Å². The van der Waals surface area contributed by atoms with Crippen molar-refractivity contribution in [1.29, 1.82) is 0 Å². The van der Waals surface area contributed by atoms with Crippen LogP contribution in [0.2, 0.25) is 0 Å². The summed E-state index contributed by atoms with van der Waals surface area (Å²) in [5, 5.41) is 78.3. The monoisotopic (exact) mass is 464 g/mol. The Hall–Kier alpha value is -3.55. The minimum absolute atomic E-state index is 0.115. The summed E-state index contributed by atoms with van der Waals surface area (Å²) in [6.07, 6.45) is -7.35. The Morgan fingerprint density at radius 2 is 1.55 bits per heavy atom. The average molecular weight is 464 g/mol. The first-order chi connectivity index (χ1) is 15.6. The third kappa shape index (κ3) is 3.79. The summed E-state index contributed by atoms with van der Waals surface area (Å²) in [7, 11) is 0. The van der Waals surface area contributed by atoms with E-state index in [1.807, 2.05) is 0 Å². The van der Waals surface area contributed by atoms with Crippen LogP contribution in [0.15, 0.2) is 39.5 Å². The minimum Gasteiger partial charge on any atom is -0.507 e. The van der Waals surface area contributed by atoms with Crippen LogP contribution in [0.3, 0.4) is 0 Å². The van der Waals surface area contributed by atoms with Crippen molar-refractivity contribution in [2.24, 2.45) is 0 Å². The molecule has 1 aliphatic heterocycles. The van der Waals surface area contributed by atoms with Gasteiger partial charge in [-0.3, -0.25) is 4.79 Å². The lowest BCUT2D eigenvalue weighted by molar-refractivity contribution is -0.277. The summed E-state index contributed by atoms with van der Waals surface area (Å²) in [5.41, 5.74) is -1.43. The summed E-state index contributed by atoms with van der Waals surface area (Å²) >= 11 is 0. The molecule has 0 bridgehead atoms. The highest BCUT2D eigenvalue weighted by Gasteiger charge is 2.44. The maximum absolute atomic E-state index is 12.5. The number of rotatable bonds is 4. The Balaban J connectivity index is 1.66. The molecule has 2 aromatic carbocycles. The van der Waals surface area contributed by atoms with E-state index in [4.69, 9.17) is 13.9 Å². The van der Waals surface area contributed by atoms with Crippen molar-refractivity contribution >= 4 is 11.0 Å². The zero-order valence-corrected chi connectivity index (χ0v) is 16.7. The van der Waals surface area contributed by atoms with Crippen LogP contribution >= 0.6 is 0 Å². The van der Waals surface area contributed by atoms with Gasteiger partial charge in [0, 0.05) is 11.6 Å². The van der Waals surface area contributed by atoms with Crippen molar-refractivity contribution in [2.45, 2.75) is 30.7 Å². The van der Waals surface area contributed by atoms with E-state index in [2.05, 4.69) is 0 Å². The van der Waals surface area contributed by atoms with Crippen molar-refractivity contribution < 1.29 is 54.7 Å². The van der Waals surface area contributed by atoms with Crippen molar-refractivity contribution in [3.05, 3.63) is 40.6 Å². The molecule has 33 heavy (non-hydrogen) atoms. The normalized spacial score (nSPS) is 25.3. The molecular weight excluding hydrogens is 444 g/mol. The lowest BCUT2D eigenvalue weighted by atomic mass is 9.99. The Kier molecular flexibility index (Phi) is 5.78. The minimum atomic E-state index is -1.62. The van der Waals surface area contributed by atoms with Crippen LogP contribution in [-0.4, -0.2) is 78.2 Å². The van der Waals surface area contributed by atoms with E-state index >= 15 is 0 Å². The second kappa shape index (κ2) is 8.42. The van der Waals surface area contributed by atoms with Crippen LogP contribution in [0.5, 0.6) is 28.7 Å². The number of aliphatic hydroxyl groups is 4. The van der Waals surface area contributed by atoms with Crippen molar-refractivity contribution in [1.82, 2.24) is 0 Å². The number of aliphatic hydroxyl groups excluding tert-OH is 4. The van der Waals surface area contributed by atoms with Crippen LogP contribution in [-0.2, 0) is 4.74 Å². The molecule has 1 aromatic heterocycles. The van der Waals surface area contributed by atoms with Gasteiger partial charge in [-0.15, -0.1) is 0 Å². The second-order valence-corrected chi connectivity index (χ2v) is 7.42. The van der Waals surface area contributed by atoms with E-state index in [0.29, 0.717) is 0 Å². The molecule has 0 unspecified atom stereocenters. The van der Waals surface area contributed by atoms with Gasteiger partial charge in [-0.25, -0.2) is 0 Å². The zero-order chi connectivity index (χ0) is 24.0. The quantitative estimate of drug-likeness (QED) is 0.181. The van der Waals surface area contributed by atoms with Crippen LogP contribution in [0.4, 0.5) is 0 Å². The van der Waals surface area contributed by atoms with E-state index in [-0.39, 0.29) is 17.1 Å². The maximum Gasteiger partial charge on any atom is 0.238 e. The van der Waals surface area contributed by atoms with Crippen molar-refractivity contribution in [2.75, 3.05) is 6.61 Å². The highest BCUT2D eigenvalue weighted by atomic mass is 16.7. The van der Waals surface area contributed by atoms with E-state index in [1.165, 1.54) is 24.3 Å². The number of fused-ring (bicyclic) bond motifs is 1. The largest absolute Gasteiger partial charge is 0.507 e. The average Bonchev–Trinajstić information content (AvgIpc) is 2.80. The molecule has 1 aliphatic rings. The molecule has 0 amide bonds. The molecule has 1 fully saturated rings. The van der Waals surface area contributed by atoms with E-state index in [9.17, 15) is 45.6 Å². The topological polar surface area (TPSA) is 211 Å². The predicted octanol–water partition coefficient (Wildman–Crippen LogP) is -0.539. The van der Waals surface area contributed by atoms with Gasteiger partial charge < -0.3 is 54.7 Å². The van der Waals surface area contributed by atoms with Crippen molar-refractivity contribution in [3.63, 3.8) is 0 Å². The number of aromatic hydroxyl groups is 4. The summed E-state index contributed by atoms with van der Waals surface area (Å²) in [6, 6.07) is 6.13. The van der Waals surface area contributed by atoms with Crippen LogP contribution in [0.25, 0.3) is 22.3 Å². The number of phenols is 3. The van der Waals surface area contributed by atoms with Crippen LogP contribution in [0, 0.1) is 0 Å². The van der Waals surface area contributed by atoms with E-state index < -0.39 is 76.7 Å². The SMILES string of the molecule is O=c1c(O)c(-c2ccc(O[C@H]3O[C@@H](CO)[C@H](O)[C@H](O)[C@@H]3O)cc2)oc2c(O)c(O)cc(O)c12. The molecule has 0 saturated carbocycles. The number of hydrogen-bond donors (Lipinski definition) is 8. The Morgan fingerprint density at radius 1 is 0.879 bits per heavy atom. The van der Waals surface area contributed by atoms with Gasteiger partial charge in [0.2, 0.25) is 23.2 Å². The smallest absolute Gasteiger partial charge is 0.238 e. The lowest BCUT2D eigenvalue weighted by Crippen LogP contribution is -2.60. The third-order valence-corrected chi connectivity index (χ3v) is 5.29. The molecule has 1 saturated heterocycles. The van der Waals surface area contributed by atoms with Gasteiger partial charge in [-0.1, -0.05) is 0 Å². The molecule has 12 heteroatoms. The first kappa shape index (κ1) is 22.6. The summed E-state index contributed by atoms with van der Waals surface area (Å²) < 4.78 is 16.1. The van der Waals surface area contributed by atoms with E-state index in [1.54, 1.807) is 0 Å². The van der Waals surface area contributed by atoms with Crippen LogP contribution < -0.4 is 10.2 Å². The fourth-order valence-corrected chi connectivity index (χ4v) is 3.49. The highest BCUT2D eigenvalue weighted by molar-refractivity contribution is 5.92. The Bertz CT molecular complexity index is 1230. The maximum atomic E-state index is 12.5. The fourth-order valence-electron chi connectivity index (χ4n) is 3.49. The van der Waals surface area contributed by atoms with E-state index in [0.717, 1.165) is 6.07 Å². The molecule has 0 radical (unpaired) electrons. The summed E-state index contributed by atoms with van der Waals surface area (Å²) in [6.45, 7) is -0.623. The molecule has 176 valence electrons. The molecule has 5 atom stereocenters. The Labute approximate surface area is 184 Å². The predicted molar refractivity (Wildman–Crippen MR) is 109 cm³/mol. The summed E-state index contributed by atoms with van der Waals surface area (Å²) in [5.74, 6) is -3.34. The molecule has 2 heterocycles. The number of hydrogen-bond acceptors (Lipinski definition) is 12. The standard InChI is InChI=1S/C21H20O12/c22-6-11-14(26)16(28)18(30)21(32-11)31-8-3-1-7(2-4-8)19-17(29)15(27)12-9(23)5-10(24)13(25)20(12)33-19/h1-5,11,14,16,18,21-26,28-30H,6H2/t11-,14-,16-,18-,21-/m0/s1. The van der Waals surface area contributed by atoms with Crippen molar-refractivity contribution in [3.8, 4) is 40.1 Å². The molecule has 8 N–H and O–H groups in total. The fraction of sp³-hybridized carbons (Fsp3) is 0.286. The number of phenolic OH excluding ortho intramolecular Hbond substituents is 3. The zero-order valence-electron chi connectivity index (χ0n) is 16.7. The van der Waals surface area contributed by atoms with Gasteiger partial charge in [0.1, 0.15) is 41.3 Å². The third-order valence-electron chi connectivity index (χ3n) is 5.29. The molecule has 12 nitrogen and oxygen atoms in total. The Morgan fingerprint density at radius 3 is 2.18 bits per heavy atom. The van der Waals surface area contributed by atoms with Gasteiger partial charge in [0.05, 0.1) is 6.61 Å². The van der Waals surface area contributed by atoms with Crippen LogP contribution in [0.1, 0.15) is 0 Å². The van der Waals surface area contributed by atoms with Gasteiger partial charge in [-0.05, 0) is 24.3 Å². The molecular formula is C21H20O12. The summed E-state index contributed by atoms with van der Waals surface area (Å²) in [4.78, 5) is 12.5. The molecule has 3 aromatic rings. The number of benzene rings is 2. The molecule has 4 rings (SSSR count). The first-order valence-electron chi connectivity index (χ1n) is 9.65. The first-order valence-corrected chi connectivity index (χ1v) is 9.65. The number of ether oxygens (including phenoxy) is 2. The van der Waals surface area contributed by atoms with Gasteiger partial charge in [0.15, 0.2) is 17.1 Å². The second-order valence-electron chi connectivity index (χ2n) is 7.42. The molecule has 0 aliphatic carbocycles. The molecule has 0 spiro atoms.